The molecule has 0 aliphatic rings. The first-order valence-electron chi connectivity index (χ1n) is 4.60. The summed E-state index contributed by atoms with van der Waals surface area (Å²) in [6, 6.07) is 0.890. The van der Waals surface area contributed by atoms with Crippen LogP contribution in [0.4, 0.5) is 37.7 Å². The predicted molar refractivity (Wildman–Crippen MR) is 57.1 cm³/mol. The lowest BCUT2D eigenvalue weighted by atomic mass is 10.1. The molecule has 0 aliphatic carbocycles. The number of nitro groups is 1. The fourth-order valence-corrected chi connectivity index (χ4v) is 1.20. The SMILES string of the molecule is O=[N+]([O-])c1cc(C(F)(F)F)ccc1N=C(Cl)C(F)(F)F. The fourth-order valence-electron chi connectivity index (χ4n) is 1.11. The van der Waals surface area contributed by atoms with Gasteiger partial charge in [-0.1, -0.05) is 11.6 Å². The van der Waals surface area contributed by atoms with Crippen LogP contribution >= 0.6 is 11.6 Å². The zero-order valence-corrected chi connectivity index (χ0v) is 9.84. The number of aliphatic imine (C=N–C) groups is 1. The van der Waals surface area contributed by atoms with Gasteiger partial charge in [0, 0.05) is 6.07 Å². The second kappa shape index (κ2) is 5.27. The molecule has 0 saturated carbocycles. The number of nitro benzene ring substituents is 1. The van der Waals surface area contributed by atoms with Gasteiger partial charge in [0.1, 0.15) is 5.69 Å². The molecule has 0 fully saturated rings. The molecule has 20 heavy (non-hydrogen) atoms. The van der Waals surface area contributed by atoms with Crippen LogP contribution in [0.2, 0.25) is 0 Å². The maximum absolute atomic E-state index is 12.4. The van der Waals surface area contributed by atoms with Crippen molar-refractivity contribution in [2.75, 3.05) is 0 Å². The Kier molecular flexibility index (Phi) is 4.27. The van der Waals surface area contributed by atoms with Crippen LogP contribution in [-0.2, 0) is 6.18 Å². The number of alkyl halides is 6. The molecule has 0 atom stereocenters. The number of halogens is 7. The van der Waals surface area contributed by atoms with Gasteiger partial charge >= 0.3 is 12.4 Å². The molecule has 0 bridgehead atoms. The Hall–Kier alpha value is -1.84. The molecular formula is C9H3ClF6N2O2. The second-order valence-electron chi connectivity index (χ2n) is 3.36. The molecule has 110 valence electrons. The first kappa shape index (κ1) is 16.2. The molecular weight excluding hydrogens is 318 g/mol. The van der Waals surface area contributed by atoms with Crippen molar-refractivity contribution >= 4 is 28.1 Å². The van der Waals surface area contributed by atoms with Crippen molar-refractivity contribution in [2.24, 2.45) is 4.99 Å². The van der Waals surface area contributed by atoms with Crippen molar-refractivity contribution in [1.82, 2.24) is 0 Å². The van der Waals surface area contributed by atoms with Crippen LogP contribution in [0.3, 0.4) is 0 Å². The minimum atomic E-state index is -5.06. The van der Waals surface area contributed by atoms with E-state index in [4.69, 9.17) is 11.6 Å². The smallest absolute Gasteiger partial charge is 0.258 e. The third-order valence-corrected chi connectivity index (χ3v) is 2.25. The number of benzene rings is 1. The topological polar surface area (TPSA) is 55.5 Å². The van der Waals surface area contributed by atoms with E-state index in [1.54, 1.807) is 0 Å². The molecule has 0 aliphatic heterocycles. The van der Waals surface area contributed by atoms with Crippen LogP contribution in [0.5, 0.6) is 0 Å². The Balaban J connectivity index is 3.40. The Morgan fingerprint density at radius 3 is 2.15 bits per heavy atom. The van der Waals surface area contributed by atoms with Crippen LogP contribution in [-0.4, -0.2) is 16.3 Å². The van der Waals surface area contributed by atoms with Crippen molar-refractivity contribution in [1.29, 1.82) is 0 Å². The van der Waals surface area contributed by atoms with E-state index < -0.39 is 39.4 Å². The lowest BCUT2D eigenvalue weighted by Crippen LogP contribution is -2.16. The molecule has 1 aromatic carbocycles. The molecule has 1 aromatic rings. The monoisotopic (exact) mass is 320 g/mol. The van der Waals surface area contributed by atoms with Gasteiger partial charge in [0.25, 0.3) is 5.69 Å². The van der Waals surface area contributed by atoms with E-state index in [0.717, 1.165) is 0 Å². The van der Waals surface area contributed by atoms with Crippen molar-refractivity contribution in [2.45, 2.75) is 12.4 Å². The Morgan fingerprint density at radius 1 is 1.20 bits per heavy atom. The van der Waals surface area contributed by atoms with E-state index in [1.165, 1.54) is 0 Å². The average Bonchev–Trinajstić information content (AvgIpc) is 2.26. The largest absolute Gasteiger partial charge is 0.444 e. The van der Waals surface area contributed by atoms with Gasteiger partial charge in [-0.2, -0.15) is 26.3 Å². The van der Waals surface area contributed by atoms with Crippen molar-refractivity contribution in [3.63, 3.8) is 0 Å². The maximum atomic E-state index is 12.4. The minimum Gasteiger partial charge on any atom is -0.258 e. The summed E-state index contributed by atoms with van der Waals surface area (Å²) in [6.07, 6.45) is -9.93. The highest BCUT2D eigenvalue weighted by molar-refractivity contribution is 6.67. The molecule has 0 radical (unpaired) electrons. The van der Waals surface area contributed by atoms with E-state index in [2.05, 4.69) is 4.99 Å². The molecule has 0 N–H and O–H groups in total. The summed E-state index contributed by atoms with van der Waals surface area (Å²) in [5, 5.41) is 8.65. The van der Waals surface area contributed by atoms with Crippen molar-refractivity contribution < 1.29 is 31.3 Å². The summed E-state index contributed by atoms with van der Waals surface area (Å²) in [5.41, 5.74) is -3.54. The van der Waals surface area contributed by atoms with E-state index in [-0.39, 0.29) is 6.07 Å². The van der Waals surface area contributed by atoms with Crippen LogP contribution in [0, 0.1) is 10.1 Å². The van der Waals surface area contributed by atoms with Gasteiger partial charge in [-0.25, -0.2) is 4.99 Å². The summed E-state index contributed by atoms with van der Waals surface area (Å²) >= 11 is 4.78. The maximum Gasteiger partial charge on any atom is 0.444 e. The fraction of sp³-hybridized carbons (Fsp3) is 0.222. The molecule has 0 spiro atoms. The molecule has 0 heterocycles. The Bertz CT molecular complexity index is 567. The van der Waals surface area contributed by atoms with Crippen LogP contribution in [0.25, 0.3) is 0 Å². The second-order valence-corrected chi connectivity index (χ2v) is 3.72. The first-order valence-corrected chi connectivity index (χ1v) is 4.97. The zero-order chi connectivity index (χ0) is 15.7. The summed E-state index contributed by atoms with van der Waals surface area (Å²) in [4.78, 5) is 12.0. The lowest BCUT2D eigenvalue weighted by molar-refractivity contribution is -0.384. The molecule has 0 saturated heterocycles. The van der Waals surface area contributed by atoms with E-state index >= 15 is 0 Å². The van der Waals surface area contributed by atoms with Crippen molar-refractivity contribution in [3.05, 3.63) is 33.9 Å². The number of hydrogen-bond acceptors (Lipinski definition) is 3. The standard InChI is InChI=1S/C9H3ClF6N2O2/c10-7(9(14,15)16)17-5-2-1-4(8(11,12)13)3-6(5)18(19)20/h1-3H. The Labute approximate surface area is 111 Å². The number of rotatable bonds is 2. The zero-order valence-electron chi connectivity index (χ0n) is 9.09. The van der Waals surface area contributed by atoms with Gasteiger partial charge in [0.05, 0.1) is 10.5 Å². The summed E-state index contributed by atoms with van der Waals surface area (Å²) in [5.74, 6) is 0. The minimum absolute atomic E-state index is 0.0827. The summed E-state index contributed by atoms with van der Waals surface area (Å²) < 4.78 is 73.4. The van der Waals surface area contributed by atoms with E-state index in [0.29, 0.717) is 12.1 Å². The molecule has 11 heteroatoms. The molecule has 0 amide bonds. The van der Waals surface area contributed by atoms with Crippen LogP contribution in [0.1, 0.15) is 5.56 Å². The molecule has 1 rings (SSSR count). The van der Waals surface area contributed by atoms with Gasteiger partial charge in [-0.3, -0.25) is 10.1 Å². The van der Waals surface area contributed by atoms with Gasteiger partial charge in [0.15, 0.2) is 0 Å². The van der Waals surface area contributed by atoms with E-state index in [9.17, 15) is 36.5 Å². The van der Waals surface area contributed by atoms with E-state index in [1.807, 2.05) is 0 Å². The summed E-state index contributed by atoms with van der Waals surface area (Å²) in [6.45, 7) is 0. The number of hydrogen-bond donors (Lipinski definition) is 0. The quantitative estimate of drug-likeness (QED) is 0.350. The third-order valence-electron chi connectivity index (χ3n) is 1.95. The molecule has 0 unspecified atom stereocenters. The van der Waals surface area contributed by atoms with Gasteiger partial charge < -0.3 is 0 Å². The molecule has 0 aromatic heterocycles. The predicted octanol–water partition coefficient (Wildman–Crippen LogP) is 4.44. The average molecular weight is 321 g/mol. The highest BCUT2D eigenvalue weighted by Gasteiger charge is 2.36. The van der Waals surface area contributed by atoms with Gasteiger partial charge in [-0.05, 0) is 12.1 Å². The Morgan fingerprint density at radius 2 is 1.75 bits per heavy atom. The van der Waals surface area contributed by atoms with Crippen LogP contribution in [0.15, 0.2) is 23.2 Å². The summed E-state index contributed by atoms with van der Waals surface area (Å²) in [7, 11) is 0. The van der Waals surface area contributed by atoms with Crippen LogP contribution < -0.4 is 0 Å². The van der Waals surface area contributed by atoms with Gasteiger partial charge in [0.2, 0.25) is 5.17 Å². The molecule has 4 nitrogen and oxygen atoms in total. The highest BCUT2D eigenvalue weighted by atomic mass is 35.5. The highest BCUT2D eigenvalue weighted by Crippen LogP contribution is 2.37. The van der Waals surface area contributed by atoms with Gasteiger partial charge in [-0.15, -0.1) is 0 Å². The van der Waals surface area contributed by atoms with Crippen molar-refractivity contribution in [3.8, 4) is 0 Å². The normalized spacial score (nSPS) is 13.4. The third kappa shape index (κ3) is 3.83. The lowest BCUT2D eigenvalue weighted by Gasteiger charge is -2.08. The first-order chi connectivity index (χ1) is 8.93. The number of nitrogens with zero attached hydrogens (tertiary/aromatic N) is 2.